The molecule has 1 aliphatic heterocycles. The van der Waals surface area contributed by atoms with E-state index in [9.17, 15) is 8.42 Å². The summed E-state index contributed by atoms with van der Waals surface area (Å²) in [5.74, 6) is 0. The average molecular weight is 310 g/mol. The molecule has 1 fully saturated rings. The van der Waals surface area contributed by atoms with E-state index in [4.69, 9.17) is 14.7 Å². The number of nitrogens with zero attached hydrogens (tertiary/aromatic N) is 1. The molecule has 1 aromatic carbocycles. The fraction of sp³-hybridized carbons (Fsp3) is 0.500. The maximum Gasteiger partial charge on any atom is 0.240 e. The highest BCUT2D eigenvalue weighted by molar-refractivity contribution is 7.89. The standard InChI is InChI=1S/C14H18N2O4S/c1-19-14(7-9-20-11-14)10-16-21(17,18)13-4-2-12(3-5-13)6-8-15/h2-5,16H,6-7,9-11H2,1H3. The molecular formula is C14H18N2O4S. The van der Waals surface area contributed by atoms with Gasteiger partial charge in [0.05, 0.1) is 24.0 Å². The molecule has 1 heterocycles. The first-order valence-corrected chi connectivity index (χ1v) is 8.08. The van der Waals surface area contributed by atoms with Crippen LogP contribution in [0.4, 0.5) is 0 Å². The Morgan fingerprint density at radius 1 is 1.43 bits per heavy atom. The van der Waals surface area contributed by atoms with E-state index in [0.717, 1.165) is 5.56 Å². The third kappa shape index (κ3) is 3.80. The van der Waals surface area contributed by atoms with E-state index < -0.39 is 15.6 Å². The van der Waals surface area contributed by atoms with E-state index in [1.807, 2.05) is 6.07 Å². The van der Waals surface area contributed by atoms with Crippen LogP contribution in [0.5, 0.6) is 0 Å². The predicted molar refractivity (Wildman–Crippen MR) is 76.1 cm³/mol. The molecule has 6 nitrogen and oxygen atoms in total. The molecule has 0 aromatic heterocycles. The van der Waals surface area contributed by atoms with Gasteiger partial charge in [-0.2, -0.15) is 5.26 Å². The van der Waals surface area contributed by atoms with Crippen LogP contribution in [0, 0.1) is 11.3 Å². The molecule has 1 saturated heterocycles. The van der Waals surface area contributed by atoms with Gasteiger partial charge in [-0.15, -0.1) is 0 Å². The summed E-state index contributed by atoms with van der Waals surface area (Å²) in [6, 6.07) is 8.30. The first kappa shape index (κ1) is 15.9. The quantitative estimate of drug-likeness (QED) is 0.841. The number of nitriles is 1. The van der Waals surface area contributed by atoms with Crippen molar-refractivity contribution >= 4 is 10.0 Å². The number of ether oxygens (including phenoxy) is 2. The van der Waals surface area contributed by atoms with E-state index in [0.29, 0.717) is 19.6 Å². The number of methoxy groups -OCH3 is 1. The molecule has 2 rings (SSSR count). The summed E-state index contributed by atoms with van der Waals surface area (Å²) in [5.41, 5.74) is 0.197. The Morgan fingerprint density at radius 3 is 2.67 bits per heavy atom. The van der Waals surface area contributed by atoms with Crippen molar-refractivity contribution in [2.24, 2.45) is 0 Å². The molecule has 21 heavy (non-hydrogen) atoms. The Hall–Kier alpha value is -1.46. The summed E-state index contributed by atoms with van der Waals surface area (Å²) in [5, 5.41) is 8.60. The summed E-state index contributed by atoms with van der Waals surface area (Å²) >= 11 is 0. The third-order valence-corrected chi connectivity index (χ3v) is 5.02. The topological polar surface area (TPSA) is 88.4 Å². The van der Waals surface area contributed by atoms with Crippen LogP contribution >= 0.6 is 0 Å². The van der Waals surface area contributed by atoms with Gasteiger partial charge < -0.3 is 9.47 Å². The second-order valence-electron chi connectivity index (χ2n) is 4.99. The highest BCUT2D eigenvalue weighted by Gasteiger charge is 2.36. The zero-order valence-electron chi connectivity index (χ0n) is 11.8. The van der Waals surface area contributed by atoms with Gasteiger partial charge in [0.15, 0.2) is 0 Å². The molecule has 7 heteroatoms. The van der Waals surface area contributed by atoms with Gasteiger partial charge in [-0.1, -0.05) is 12.1 Å². The van der Waals surface area contributed by atoms with Crippen LogP contribution in [0.25, 0.3) is 0 Å². The molecule has 0 aliphatic carbocycles. The van der Waals surface area contributed by atoms with E-state index in [1.54, 1.807) is 19.2 Å². The Bertz CT molecular complexity index is 613. The van der Waals surface area contributed by atoms with Crippen LogP contribution in [0.1, 0.15) is 12.0 Å². The second-order valence-corrected chi connectivity index (χ2v) is 6.76. The second kappa shape index (κ2) is 6.54. The smallest absolute Gasteiger partial charge is 0.240 e. The summed E-state index contributed by atoms with van der Waals surface area (Å²) in [6.45, 7) is 1.12. The van der Waals surface area contributed by atoms with Crippen molar-refractivity contribution in [2.75, 3.05) is 26.9 Å². The van der Waals surface area contributed by atoms with E-state index in [1.165, 1.54) is 12.1 Å². The van der Waals surface area contributed by atoms with Gasteiger partial charge in [-0.05, 0) is 17.7 Å². The Balaban J connectivity index is 2.06. The molecule has 1 aliphatic rings. The first-order chi connectivity index (χ1) is 10.0. The lowest BCUT2D eigenvalue weighted by atomic mass is 10.0. The zero-order valence-corrected chi connectivity index (χ0v) is 12.6. The van der Waals surface area contributed by atoms with E-state index in [2.05, 4.69) is 4.72 Å². The van der Waals surface area contributed by atoms with Gasteiger partial charge in [0.1, 0.15) is 5.60 Å². The molecule has 1 N–H and O–H groups in total. The SMILES string of the molecule is COC1(CNS(=O)(=O)c2ccc(CC#N)cc2)CCOC1. The molecule has 0 bridgehead atoms. The Kier molecular flexibility index (Phi) is 4.96. The molecule has 1 aromatic rings. The predicted octanol–water partition coefficient (Wildman–Crippen LogP) is 0.836. The number of benzene rings is 1. The van der Waals surface area contributed by atoms with Crippen LogP contribution in [0.3, 0.4) is 0 Å². The fourth-order valence-electron chi connectivity index (χ4n) is 2.15. The lowest BCUT2D eigenvalue weighted by Crippen LogP contribution is -2.44. The zero-order chi connectivity index (χ0) is 15.3. The minimum Gasteiger partial charge on any atom is -0.378 e. The van der Waals surface area contributed by atoms with Crippen molar-refractivity contribution in [2.45, 2.75) is 23.3 Å². The Morgan fingerprint density at radius 2 is 2.14 bits per heavy atom. The van der Waals surface area contributed by atoms with Crippen molar-refractivity contribution in [1.82, 2.24) is 4.72 Å². The first-order valence-electron chi connectivity index (χ1n) is 6.60. The molecule has 0 radical (unpaired) electrons. The summed E-state index contributed by atoms with van der Waals surface area (Å²) < 4.78 is 37.7. The average Bonchev–Trinajstić information content (AvgIpc) is 2.96. The summed E-state index contributed by atoms with van der Waals surface area (Å²) in [6.07, 6.45) is 0.922. The monoisotopic (exact) mass is 310 g/mol. The van der Waals surface area contributed by atoms with Gasteiger partial charge in [0.2, 0.25) is 10.0 Å². The molecule has 0 spiro atoms. The summed E-state index contributed by atoms with van der Waals surface area (Å²) in [4.78, 5) is 0.175. The number of nitrogens with one attached hydrogen (secondary N) is 1. The molecule has 0 amide bonds. The van der Waals surface area contributed by atoms with Crippen molar-refractivity contribution in [3.8, 4) is 6.07 Å². The molecular weight excluding hydrogens is 292 g/mol. The van der Waals surface area contributed by atoms with Gasteiger partial charge in [-0.25, -0.2) is 13.1 Å². The molecule has 1 atom stereocenters. The third-order valence-electron chi connectivity index (χ3n) is 3.60. The van der Waals surface area contributed by atoms with Crippen molar-refractivity contribution in [3.05, 3.63) is 29.8 Å². The summed E-state index contributed by atoms with van der Waals surface area (Å²) in [7, 11) is -2.04. The van der Waals surface area contributed by atoms with Crippen LogP contribution in [-0.2, 0) is 25.9 Å². The lowest BCUT2D eigenvalue weighted by molar-refractivity contribution is -0.0120. The van der Waals surface area contributed by atoms with Crippen molar-refractivity contribution < 1.29 is 17.9 Å². The maximum atomic E-state index is 12.2. The molecule has 1 unspecified atom stereocenters. The number of hydrogen-bond donors (Lipinski definition) is 1. The van der Waals surface area contributed by atoms with E-state index in [-0.39, 0.29) is 17.9 Å². The number of sulfonamides is 1. The normalized spacial score (nSPS) is 22.1. The van der Waals surface area contributed by atoms with Crippen LogP contribution in [-0.4, -0.2) is 40.9 Å². The van der Waals surface area contributed by atoms with Gasteiger partial charge in [0, 0.05) is 26.7 Å². The lowest BCUT2D eigenvalue weighted by Gasteiger charge is -2.25. The van der Waals surface area contributed by atoms with Gasteiger partial charge in [-0.3, -0.25) is 0 Å². The number of hydrogen-bond acceptors (Lipinski definition) is 5. The largest absolute Gasteiger partial charge is 0.378 e. The van der Waals surface area contributed by atoms with Crippen molar-refractivity contribution in [3.63, 3.8) is 0 Å². The fourth-order valence-corrected chi connectivity index (χ4v) is 3.26. The van der Waals surface area contributed by atoms with Crippen LogP contribution in [0.15, 0.2) is 29.2 Å². The van der Waals surface area contributed by atoms with Crippen molar-refractivity contribution in [1.29, 1.82) is 5.26 Å². The number of rotatable bonds is 6. The minimum absolute atomic E-state index is 0.172. The molecule has 114 valence electrons. The van der Waals surface area contributed by atoms with Gasteiger partial charge in [0.25, 0.3) is 0 Å². The van der Waals surface area contributed by atoms with Gasteiger partial charge >= 0.3 is 0 Å². The van der Waals surface area contributed by atoms with Crippen LogP contribution < -0.4 is 4.72 Å². The van der Waals surface area contributed by atoms with E-state index >= 15 is 0 Å². The maximum absolute atomic E-state index is 12.2. The Labute approximate surface area is 124 Å². The highest BCUT2D eigenvalue weighted by atomic mass is 32.2. The van der Waals surface area contributed by atoms with Crippen LogP contribution in [0.2, 0.25) is 0 Å². The molecule has 0 saturated carbocycles. The highest BCUT2D eigenvalue weighted by Crippen LogP contribution is 2.22. The minimum atomic E-state index is -3.60.